The number of hydrogen-bond donors (Lipinski definition) is 2. The van der Waals surface area contributed by atoms with E-state index in [0.29, 0.717) is 5.95 Å². The Morgan fingerprint density at radius 2 is 1.64 bits per heavy atom. The van der Waals surface area contributed by atoms with Gasteiger partial charge >= 0.3 is 0 Å². The second-order valence-electron chi connectivity index (χ2n) is 6.42. The SMILES string of the molecule is CCc1cccc(CC)c1Nc1ccnc(NC(C)(C)C)n1. The third-order valence-electron chi connectivity index (χ3n) is 3.39. The lowest BCUT2D eigenvalue weighted by Crippen LogP contribution is -2.27. The van der Waals surface area contributed by atoms with Crippen LogP contribution in [0.4, 0.5) is 17.5 Å². The van der Waals surface area contributed by atoms with Gasteiger partial charge in [0.25, 0.3) is 0 Å². The lowest BCUT2D eigenvalue weighted by molar-refractivity contribution is 0.626. The fourth-order valence-corrected chi connectivity index (χ4v) is 2.36. The van der Waals surface area contributed by atoms with E-state index in [-0.39, 0.29) is 5.54 Å². The van der Waals surface area contributed by atoms with Crippen molar-refractivity contribution in [3.63, 3.8) is 0 Å². The normalized spacial score (nSPS) is 11.3. The highest BCUT2D eigenvalue weighted by molar-refractivity contribution is 5.65. The van der Waals surface area contributed by atoms with Crippen LogP contribution in [0.3, 0.4) is 0 Å². The molecule has 1 aromatic heterocycles. The number of aromatic nitrogens is 2. The van der Waals surface area contributed by atoms with Crippen molar-refractivity contribution in [3.8, 4) is 0 Å². The molecule has 1 aromatic carbocycles. The molecule has 0 aliphatic heterocycles. The number of nitrogens with one attached hydrogen (secondary N) is 2. The van der Waals surface area contributed by atoms with Gasteiger partial charge in [0, 0.05) is 17.4 Å². The van der Waals surface area contributed by atoms with Crippen molar-refractivity contribution < 1.29 is 0 Å². The lowest BCUT2D eigenvalue weighted by Gasteiger charge is -2.21. The molecule has 4 heteroatoms. The van der Waals surface area contributed by atoms with Crippen LogP contribution >= 0.6 is 0 Å². The van der Waals surface area contributed by atoms with Gasteiger partial charge in [-0.3, -0.25) is 0 Å². The Labute approximate surface area is 133 Å². The topological polar surface area (TPSA) is 49.8 Å². The number of nitrogens with zero attached hydrogens (tertiary/aromatic N) is 2. The van der Waals surface area contributed by atoms with Crippen LogP contribution < -0.4 is 10.6 Å². The summed E-state index contributed by atoms with van der Waals surface area (Å²) < 4.78 is 0. The summed E-state index contributed by atoms with van der Waals surface area (Å²) in [7, 11) is 0. The molecule has 0 spiro atoms. The van der Waals surface area contributed by atoms with Gasteiger partial charge in [-0.1, -0.05) is 32.0 Å². The molecule has 0 atom stereocenters. The molecule has 22 heavy (non-hydrogen) atoms. The van der Waals surface area contributed by atoms with Gasteiger partial charge in [-0.25, -0.2) is 4.98 Å². The van der Waals surface area contributed by atoms with E-state index in [9.17, 15) is 0 Å². The van der Waals surface area contributed by atoms with Gasteiger partial charge in [0.15, 0.2) is 0 Å². The van der Waals surface area contributed by atoms with E-state index < -0.39 is 0 Å². The Morgan fingerprint density at radius 1 is 1.00 bits per heavy atom. The van der Waals surface area contributed by atoms with Gasteiger partial charge in [0.05, 0.1) is 0 Å². The number of benzene rings is 1. The molecular formula is C18H26N4. The quantitative estimate of drug-likeness (QED) is 0.850. The van der Waals surface area contributed by atoms with Crippen molar-refractivity contribution in [2.75, 3.05) is 10.6 Å². The molecular weight excluding hydrogens is 272 g/mol. The van der Waals surface area contributed by atoms with Gasteiger partial charge in [0.2, 0.25) is 5.95 Å². The van der Waals surface area contributed by atoms with Crippen LogP contribution in [-0.4, -0.2) is 15.5 Å². The third-order valence-corrected chi connectivity index (χ3v) is 3.39. The Morgan fingerprint density at radius 3 is 2.18 bits per heavy atom. The summed E-state index contributed by atoms with van der Waals surface area (Å²) in [6.07, 6.45) is 3.77. The maximum Gasteiger partial charge on any atom is 0.225 e. The smallest absolute Gasteiger partial charge is 0.225 e. The highest BCUT2D eigenvalue weighted by Crippen LogP contribution is 2.26. The van der Waals surface area contributed by atoms with Crippen LogP contribution in [0, 0.1) is 0 Å². The number of rotatable bonds is 5. The maximum atomic E-state index is 4.57. The summed E-state index contributed by atoms with van der Waals surface area (Å²) in [5, 5.41) is 6.78. The van der Waals surface area contributed by atoms with Crippen molar-refractivity contribution >= 4 is 17.5 Å². The molecule has 0 saturated carbocycles. The first-order chi connectivity index (χ1) is 10.4. The van der Waals surface area contributed by atoms with Crippen molar-refractivity contribution in [2.24, 2.45) is 0 Å². The Bertz CT molecular complexity index is 607. The molecule has 0 radical (unpaired) electrons. The highest BCUT2D eigenvalue weighted by atomic mass is 15.2. The van der Waals surface area contributed by atoms with Crippen LogP contribution in [-0.2, 0) is 12.8 Å². The largest absolute Gasteiger partial charge is 0.350 e. The Kier molecular flexibility index (Phi) is 5.01. The molecule has 118 valence electrons. The van der Waals surface area contributed by atoms with Crippen molar-refractivity contribution in [3.05, 3.63) is 41.6 Å². The standard InChI is InChI=1S/C18H26N4/c1-6-13-9-8-10-14(7-2)16(13)20-15-11-12-19-17(21-15)22-18(3,4)5/h8-12H,6-7H2,1-5H3,(H2,19,20,21,22). The van der Waals surface area contributed by atoms with E-state index >= 15 is 0 Å². The fraction of sp³-hybridized carbons (Fsp3) is 0.444. The summed E-state index contributed by atoms with van der Waals surface area (Å²) in [5.74, 6) is 1.46. The lowest BCUT2D eigenvalue weighted by atomic mass is 10.0. The zero-order valence-electron chi connectivity index (χ0n) is 14.2. The van der Waals surface area contributed by atoms with Crippen molar-refractivity contribution in [2.45, 2.75) is 53.0 Å². The molecule has 2 aromatic rings. The molecule has 2 N–H and O–H groups in total. The summed E-state index contributed by atoms with van der Waals surface area (Å²) in [6, 6.07) is 8.35. The minimum atomic E-state index is -0.0610. The molecule has 1 heterocycles. The van der Waals surface area contributed by atoms with E-state index in [0.717, 1.165) is 18.7 Å². The summed E-state index contributed by atoms with van der Waals surface area (Å²) in [5.41, 5.74) is 3.73. The Hall–Kier alpha value is -2.10. The van der Waals surface area contributed by atoms with E-state index in [4.69, 9.17) is 0 Å². The average Bonchev–Trinajstić information content (AvgIpc) is 2.46. The van der Waals surface area contributed by atoms with Crippen molar-refractivity contribution in [1.29, 1.82) is 0 Å². The molecule has 0 bridgehead atoms. The molecule has 0 aliphatic carbocycles. The molecule has 2 rings (SSSR count). The fourth-order valence-electron chi connectivity index (χ4n) is 2.36. The van der Waals surface area contributed by atoms with Gasteiger partial charge in [-0.15, -0.1) is 0 Å². The molecule has 0 unspecified atom stereocenters. The predicted molar refractivity (Wildman–Crippen MR) is 93.9 cm³/mol. The Balaban J connectivity index is 2.30. The van der Waals surface area contributed by atoms with E-state index in [1.807, 2.05) is 6.07 Å². The van der Waals surface area contributed by atoms with Crippen LogP contribution in [0.25, 0.3) is 0 Å². The maximum absolute atomic E-state index is 4.57. The van der Waals surface area contributed by atoms with E-state index in [1.165, 1.54) is 16.8 Å². The first-order valence-corrected chi connectivity index (χ1v) is 7.92. The van der Waals surface area contributed by atoms with Gasteiger partial charge < -0.3 is 10.6 Å². The van der Waals surface area contributed by atoms with Gasteiger partial charge in [-0.05, 0) is 50.8 Å². The van der Waals surface area contributed by atoms with Gasteiger partial charge in [-0.2, -0.15) is 4.98 Å². The summed E-state index contributed by atoms with van der Waals surface area (Å²) >= 11 is 0. The van der Waals surface area contributed by atoms with Crippen LogP contribution in [0.2, 0.25) is 0 Å². The molecule has 4 nitrogen and oxygen atoms in total. The second-order valence-corrected chi connectivity index (χ2v) is 6.42. The highest BCUT2D eigenvalue weighted by Gasteiger charge is 2.12. The minimum Gasteiger partial charge on any atom is -0.350 e. The van der Waals surface area contributed by atoms with E-state index in [2.05, 4.69) is 73.4 Å². The second kappa shape index (κ2) is 6.77. The summed E-state index contributed by atoms with van der Waals surface area (Å²) in [6.45, 7) is 10.6. The first-order valence-electron chi connectivity index (χ1n) is 7.92. The molecule has 0 saturated heterocycles. The van der Waals surface area contributed by atoms with Gasteiger partial charge in [0.1, 0.15) is 5.82 Å². The number of anilines is 3. The summed E-state index contributed by atoms with van der Waals surface area (Å²) in [4.78, 5) is 8.86. The molecule has 0 aliphatic rings. The monoisotopic (exact) mass is 298 g/mol. The predicted octanol–water partition coefficient (Wildman–Crippen LogP) is 4.56. The third kappa shape index (κ3) is 4.20. The number of hydrogen-bond acceptors (Lipinski definition) is 4. The molecule has 0 fully saturated rings. The van der Waals surface area contributed by atoms with E-state index in [1.54, 1.807) is 6.20 Å². The average molecular weight is 298 g/mol. The zero-order valence-corrected chi connectivity index (χ0v) is 14.2. The minimum absolute atomic E-state index is 0.0610. The zero-order chi connectivity index (χ0) is 16.2. The van der Waals surface area contributed by atoms with Crippen LogP contribution in [0.15, 0.2) is 30.5 Å². The number of aryl methyl sites for hydroxylation is 2. The molecule has 0 amide bonds. The van der Waals surface area contributed by atoms with Crippen molar-refractivity contribution in [1.82, 2.24) is 9.97 Å². The van der Waals surface area contributed by atoms with Crippen LogP contribution in [0.5, 0.6) is 0 Å². The first kappa shape index (κ1) is 16.3. The van der Waals surface area contributed by atoms with Crippen LogP contribution in [0.1, 0.15) is 45.7 Å². The number of para-hydroxylation sites is 1.